The summed E-state index contributed by atoms with van der Waals surface area (Å²) < 4.78 is 5.53. The van der Waals surface area contributed by atoms with Crippen LogP contribution in [0.3, 0.4) is 0 Å². The molecule has 1 unspecified atom stereocenters. The zero-order chi connectivity index (χ0) is 11.3. The molecule has 0 aliphatic rings. The van der Waals surface area contributed by atoms with Crippen LogP contribution in [-0.2, 0) is 11.3 Å². The summed E-state index contributed by atoms with van der Waals surface area (Å²) in [7, 11) is 0. The Bertz CT molecular complexity index is 316. The number of carboxylic acids is 1. The molecule has 1 atom stereocenters. The molecule has 1 rings (SSSR count). The first kappa shape index (κ1) is 11.7. The lowest BCUT2D eigenvalue weighted by Gasteiger charge is -2.10. The molecule has 0 saturated heterocycles. The van der Waals surface area contributed by atoms with Gasteiger partial charge in [-0.3, -0.25) is 0 Å². The number of hydrogen-bond acceptors (Lipinski definition) is 2. The van der Waals surface area contributed by atoms with Crippen molar-refractivity contribution in [1.29, 1.82) is 0 Å². The average Bonchev–Trinajstić information content (AvgIpc) is 2.26. The van der Waals surface area contributed by atoms with E-state index in [1.54, 1.807) is 24.3 Å². The fourth-order valence-electron chi connectivity index (χ4n) is 1.10. The molecule has 0 aliphatic heterocycles. The van der Waals surface area contributed by atoms with Crippen LogP contribution >= 0.6 is 0 Å². The largest absolute Gasteiger partial charge is 0.478 e. The van der Waals surface area contributed by atoms with E-state index < -0.39 is 5.97 Å². The summed E-state index contributed by atoms with van der Waals surface area (Å²) in [5, 5.41) is 8.70. The van der Waals surface area contributed by atoms with Crippen molar-refractivity contribution in [3.63, 3.8) is 0 Å². The third-order valence-electron chi connectivity index (χ3n) is 2.31. The second-order valence-corrected chi connectivity index (χ2v) is 3.53. The fourth-order valence-corrected chi connectivity index (χ4v) is 1.10. The maximum absolute atomic E-state index is 10.6. The summed E-state index contributed by atoms with van der Waals surface area (Å²) in [5.41, 5.74) is 1.31. The van der Waals surface area contributed by atoms with E-state index in [-0.39, 0.29) is 6.10 Å². The molecule has 3 nitrogen and oxygen atoms in total. The van der Waals surface area contributed by atoms with Gasteiger partial charge in [0, 0.05) is 0 Å². The second kappa shape index (κ2) is 5.51. The average molecular weight is 208 g/mol. The molecule has 0 fully saturated rings. The van der Waals surface area contributed by atoms with Crippen LogP contribution in [-0.4, -0.2) is 17.2 Å². The van der Waals surface area contributed by atoms with Crippen molar-refractivity contribution >= 4 is 5.97 Å². The minimum Gasteiger partial charge on any atom is -0.478 e. The molecule has 0 saturated carbocycles. The number of benzene rings is 1. The van der Waals surface area contributed by atoms with Crippen molar-refractivity contribution < 1.29 is 14.6 Å². The van der Waals surface area contributed by atoms with E-state index in [4.69, 9.17) is 9.84 Å². The van der Waals surface area contributed by atoms with Gasteiger partial charge >= 0.3 is 5.97 Å². The van der Waals surface area contributed by atoms with Crippen molar-refractivity contribution in [1.82, 2.24) is 0 Å². The molecule has 0 bridgehead atoms. The van der Waals surface area contributed by atoms with Crippen molar-refractivity contribution in [3.8, 4) is 0 Å². The smallest absolute Gasteiger partial charge is 0.335 e. The van der Waals surface area contributed by atoms with Crippen molar-refractivity contribution in [3.05, 3.63) is 35.4 Å². The molecule has 1 N–H and O–H groups in total. The Morgan fingerprint density at radius 3 is 2.47 bits per heavy atom. The second-order valence-electron chi connectivity index (χ2n) is 3.53. The molecule has 0 heterocycles. The Hall–Kier alpha value is -1.35. The van der Waals surface area contributed by atoms with Gasteiger partial charge in [-0.15, -0.1) is 0 Å². The van der Waals surface area contributed by atoms with Crippen molar-refractivity contribution in [2.24, 2.45) is 0 Å². The first-order valence-corrected chi connectivity index (χ1v) is 5.07. The topological polar surface area (TPSA) is 46.5 Å². The van der Waals surface area contributed by atoms with Crippen LogP contribution in [0, 0.1) is 0 Å². The van der Waals surface area contributed by atoms with Gasteiger partial charge in [0.2, 0.25) is 0 Å². The standard InChI is InChI=1S/C12H16O3/c1-3-9(2)15-8-10-4-6-11(7-5-10)12(13)14/h4-7,9H,3,8H2,1-2H3,(H,13,14). The van der Waals surface area contributed by atoms with Gasteiger partial charge in [0.1, 0.15) is 0 Å². The SMILES string of the molecule is CCC(C)OCc1ccc(C(=O)O)cc1. The normalized spacial score (nSPS) is 12.4. The number of rotatable bonds is 5. The Labute approximate surface area is 89.7 Å². The van der Waals surface area contributed by atoms with Gasteiger partial charge in [-0.05, 0) is 31.0 Å². The highest BCUT2D eigenvalue weighted by Crippen LogP contribution is 2.08. The van der Waals surface area contributed by atoms with Crippen LogP contribution in [0.2, 0.25) is 0 Å². The molecule has 15 heavy (non-hydrogen) atoms. The van der Waals surface area contributed by atoms with E-state index in [0.29, 0.717) is 12.2 Å². The van der Waals surface area contributed by atoms with Crippen LogP contribution in [0.5, 0.6) is 0 Å². The van der Waals surface area contributed by atoms with E-state index in [1.165, 1.54) is 0 Å². The first-order valence-electron chi connectivity index (χ1n) is 5.07. The molecule has 0 aromatic heterocycles. The minimum absolute atomic E-state index is 0.240. The van der Waals surface area contributed by atoms with E-state index in [1.807, 2.05) is 6.92 Å². The summed E-state index contributed by atoms with van der Waals surface area (Å²) in [6.07, 6.45) is 1.22. The van der Waals surface area contributed by atoms with Gasteiger partial charge in [0.05, 0.1) is 18.3 Å². The Balaban J connectivity index is 2.53. The van der Waals surface area contributed by atoms with Crippen molar-refractivity contribution in [2.45, 2.75) is 33.0 Å². The molecule has 1 aromatic carbocycles. The molecule has 0 spiro atoms. The maximum atomic E-state index is 10.6. The van der Waals surface area contributed by atoms with Gasteiger partial charge in [0.15, 0.2) is 0 Å². The molecule has 3 heteroatoms. The third-order valence-corrected chi connectivity index (χ3v) is 2.31. The third kappa shape index (κ3) is 3.72. The summed E-state index contributed by atoms with van der Waals surface area (Å²) in [6, 6.07) is 6.76. The molecule has 1 aromatic rings. The summed E-state index contributed by atoms with van der Waals surface area (Å²) in [5.74, 6) is -0.899. The molecular weight excluding hydrogens is 192 g/mol. The summed E-state index contributed by atoms with van der Waals surface area (Å²) in [6.45, 7) is 4.62. The maximum Gasteiger partial charge on any atom is 0.335 e. The zero-order valence-electron chi connectivity index (χ0n) is 9.06. The van der Waals surface area contributed by atoms with Gasteiger partial charge in [0.25, 0.3) is 0 Å². The van der Waals surface area contributed by atoms with Crippen LogP contribution in [0.15, 0.2) is 24.3 Å². The number of aromatic carboxylic acids is 1. The Morgan fingerprint density at radius 1 is 1.40 bits per heavy atom. The van der Waals surface area contributed by atoms with Gasteiger partial charge in [-0.2, -0.15) is 0 Å². The van der Waals surface area contributed by atoms with Crippen LogP contribution in [0.25, 0.3) is 0 Å². The van der Waals surface area contributed by atoms with E-state index in [2.05, 4.69) is 6.92 Å². The summed E-state index contributed by atoms with van der Waals surface area (Å²) in [4.78, 5) is 10.6. The van der Waals surface area contributed by atoms with E-state index in [0.717, 1.165) is 12.0 Å². The van der Waals surface area contributed by atoms with Crippen LogP contribution in [0.4, 0.5) is 0 Å². The van der Waals surface area contributed by atoms with Gasteiger partial charge in [-0.1, -0.05) is 19.1 Å². The van der Waals surface area contributed by atoms with Crippen LogP contribution < -0.4 is 0 Å². The van der Waals surface area contributed by atoms with E-state index in [9.17, 15) is 4.79 Å². The van der Waals surface area contributed by atoms with E-state index >= 15 is 0 Å². The number of carbonyl (C=O) groups is 1. The lowest BCUT2D eigenvalue weighted by Crippen LogP contribution is -2.06. The predicted molar refractivity (Wildman–Crippen MR) is 57.9 cm³/mol. The first-order chi connectivity index (χ1) is 7.13. The quantitative estimate of drug-likeness (QED) is 0.809. The molecule has 0 aliphatic carbocycles. The highest BCUT2D eigenvalue weighted by atomic mass is 16.5. The van der Waals surface area contributed by atoms with Crippen molar-refractivity contribution in [2.75, 3.05) is 0 Å². The highest BCUT2D eigenvalue weighted by Gasteiger charge is 2.03. The number of carboxylic acid groups (broad SMARTS) is 1. The molecule has 0 radical (unpaired) electrons. The lowest BCUT2D eigenvalue weighted by atomic mass is 10.1. The highest BCUT2D eigenvalue weighted by molar-refractivity contribution is 5.87. The predicted octanol–water partition coefficient (Wildman–Crippen LogP) is 2.70. The summed E-state index contributed by atoms with van der Waals surface area (Å²) >= 11 is 0. The Kier molecular flexibility index (Phi) is 4.31. The monoisotopic (exact) mass is 208 g/mol. The zero-order valence-corrected chi connectivity index (χ0v) is 9.06. The molecule has 0 amide bonds. The fraction of sp³-hybridized carbons (Fsp3) is 0.417. The Morgan fingerprint density at radius 2 is 2.00 bits per heavy atom. The van der Waals surface area contributed by atoms with Gasteiger partial charge < -0.3 is 9.84 Å². The lowest BCUT2D eigenvalue weighted by molar-refractivity contribution is 0.0508. The molecule has 82 valence electrons. The van der Waals surface area contributed by atoms with Gasteiger partial charge in [-0.25, -0.2) is 4.79 Å². The molecular formula is C12H16O3. The number of ether oxygens (including phenoxy) is 1. The minimum atomic E-state index is -0.899. The van der Waals surface area contributed by atoms with Crippen LogP contribution in [0.1, 0.15) is 36.2 Å². The number of hydrogen-bond donors (Lipinski definition) is 1.